The van der Waals surface area contributed by atoms with Crippen LogP contribution in [0, 0.1) is 0 Å². The Hall–Kier alpha value is -3.87. The average Bonchev–Trinajstić information content (AvgIpc) is 3.34. The number of rotatable bonds is 6. The maximum atomic E-state index is 12.1. The van der Waals surface area contributed by atoms with Gasteiger partial charge in [0.1, 0.15) is 11.4 Å². The molecular formula is C21H18N4O3. The van der Waals surface area contributed by atoms with E-state index in [-0.39, 0.29) is 18.4 Å². The molecule has 0 aliphatic heterocycles. The minimum Gasteiger partial charge on any atom is -0.484 e. The van der Waals surface area contributed by atoms with Gasteiger partial charge in [0.05, 0.1) is 6.33 Å². The van der Waals surface area contributed by atoms with E-state index in [1.807, 2.05) is 53.3 Å². The van der Waals surface area contributed by atoms with Crippen LogP contribution >= 0.6 is 0 Å². The molecule has 1 aromatic carbocycles. The second kappa shape index (κ2) is 8.22. The van der Waals surface area contributed by atoms with Crippen LogP contribution in [0.3, 0.4) is 0 Å². The summed E-state index contributed by atoms with van der Waals surface area (Å²) in [6.07, 6.45) is 15.9. The lowest BCUT2D eigenvalue weighted by Crippen LogP contribution is -2.19. The number of carbonyl (C=O) groups is 1. The van der Waals surface area contributed by atoms with Crippen molar-refractivity contribution >= 4 is 17.4 Å². The summed E-state index contributed by atoms with van der Waals surface area (Å²) in [5.74, 6) is 0.563. The van der Waals surface area contributed by atoms with Crippen molar-refractivity contribution < 1.29 is 14.1 Å². The third-order valence-electron chi connectivity index (χ3n) is 4.10. The molecule has 0 radical (unpaired) electrons. The molecule has 0 saturated heterocycles. The lowest BCUT2D eigenvalue weighted by atomic mass is 10.1. The highest BCUT2D eigenvalue weighted by atomic mass is 16.5. The van der Waals surface area contributed by atoms with Crippen LogP contribution in [0.2, 0.25) is 0 Å². The van der Waals surface area contributed by atoms with Crippen molar-refractivity contribution in [2.24, 2.45) is 0 Å². The van der Waals surface area contributed by atoms with E-state index in [0.717, 1.165) is 17.7 Å². The van der Waals surface area contributed by atoms with Crippen LogP contribution in [0.4, 0.5) is 5.88 Å². The molecule has 1 aliphatic carbocycles. The van der Waals surface area contributed by atoms with Gasteiger partial charge in [-0.3, -0.25) is 10.1 Å². The molecule has 28 heavy (non-hydrogen) atoms. The largest absolute Gasteiger partial charge is 0.484 e. The van der Waals surface area contributed by atoms with Crippen molar-refractivity contribution in [3.63, 3.8) is 0 Å². The number of allylic oxidation sites excluding steroid dienone is 6. The Morgan fingerprint density at radius 1 is 1.21 bits per heavy atom. The Labute approximate surface area is 161 Å². The number of nitrogens with one attached hydrogen (secondary N) is 1. The minimum absolute atomic E-state index is 0.130. The van der Waals surface area contributed by atoms with Gasteiger partial charge in [0.15, 0.2) is 6.61 Å². The molecule has 1 aliphatic rings. The molecular weight excluding hydrogens is 356 g/mol. The fourth-order valence-electron chi connectivity index (χ4n) is 2.70. The number of hydrogen-bond acceptors (Lipinski definition) is 5. The highest BCUT2D eigenvalue weighted by molar-refractivity contribution is 5.91. The smallest absolute Gasteiger partial charge is 0.264 e. The van der Waals surface area contributed by atoms with Gasteiger partial charge in [-0.15, -0.1) is 0 Å². The van der Waals surface area contributed by atoms with Crippen molar-refractivity contribution in [1.29, 1.82) is 0 Å². The molecule has 2 aromatic heterocycles. The maximum Gasteiger partial charge on any atom is 0.264 e. The van der Waals surface area contributed by atoms with Crippen molar-refractivity contribution in [2.45, 2.75) is 6.42 Å². The molecule has 0 saturated carbocycles. The fourth-order valence-corrected chi connectivity index (χ4v) is 2.70. The monoisotopic (exact) mass is 374 g/mol. The number of aromatic nitrogens is 3. The van der Waals surface area contributed by atoms with Gasteiger partial charge in [0, 0.05) is 24.1 Å². The number of imidazole rings is 1. The summed E-state index contributed by atoms with van der Waals surface area (Å²) in [6, 6.07) is 9.09. The molecule has 7 nitrogen and oxygen atoms in total. The maximum absolute atomic E-state index is 12.1. The number of hydrogen-bond donors (Lipinski definition) is 1. The van der Waals surface area contributed by atoms with E-state index in [9.17, 15) is 4.79 Å². The summed E-state index contributed by atoms with van der Waals surface area (Å²) in [5.41, 5.74) is 2.67. The summed E-state index contributed by atoms with van der Waals surface area (Å²) >= 11 is 0. The van der Waals surface area contributed by atoms with Gasteiger partial charge in [0.25, 0.3) is 5.91 Å². The molecule has 3 aromatic rings. The first-order valence-corrected chi connectivity index (χ1v) is 8.78. The van der Waals surface area contributed by atoms with Crippen molar-refractivity contribution in [2.75, 3.05) is 11.9 Å². The molecule has 0 atom stereocenters. The Kier molecular flexibility index (Phi) is 5.15. The van der Waals surface area contributed by atoms with Crippen LogP contribution in [0.1, 0.15) is 12.1 Å². The number of amides is 1. The predicted octanol–water partition coefficient (Wildman–Crippen LogP) is 3.78. The molecule has 0 unspecified atom stereocenters. The number of nitrogens with zero attached hydrogens (tertiary/aromatic N) is 3. The van der Waals surface area contributed by atoms with Gasteiger partial charge < -0.3 is 13.8 Å². The molecule has 1 N–H and O–H groups in total. The highest BCUT2D eigenvalue weighted by Crippen LogP contribution is 2.22. The van der Waals surface area contributed by atoms with E-state index in [4.69, 9.17) is 9.26 Å². The second-order valence-electron chi connectivity index (χ2n) is 6.09. The van der Waals surface area contributed by atoms with Crippen molar-refractivity contribution in [3.8, 4) is 11.4 Å². The van der Waals surface area contributed by atoms with Gasteiger partial charge in [-0.05, 0) is 36.3 Å². The third-order valence-corrected chi connectivity index (χ3v) is 4.10. The molecule has 140 valence electrons. The van der Waals surface area contributed by atoms with Crippen LogP contribution in [0.15, 0.2) is 84.0 Å². The Morgan fingerprint density at radius 3 is 2.93 bits per heavy atom. The molecule has 1 amide bonds. The van der Waals surface area contributed by atoms with Crippen LogP contribution in [0.5, 0.6) is 5.75 Å². The molecule has 4 rings (SSSR count). The number of anilines is 1. The summed E-state index contributed by atoms with van der Waals surface area (Å²) in [7, 11) is 0. The van der Waals surface area contributed by atoms with Gasteiger partial charge in [-0.1, -0.05) is 35.5 Å². The van der Waals surface area contributed by atoms with Crippen LogP contribution < -0.4 is 10.1 Å². The Morgan fingerprint density at radius 2 is 2.11 bits per heavy atom. The van der Waals surface area contributed by atoms with Gasteiger partial charge in [-0.2, -0.15) is 0 Å². The molecule has 0 spiro atoms. The zero-order chi connectivity index (χ0) is 19.2. The first kappa shape index (κ1) is 17.5. The standard InChI is InChI=1S/C21H18N4O3/c26-20(14-27-18-9-7-17(8-10-18)25-12-11-22-15-25)23-21-13-19(24-28-21)16-5-3-1-2-4-6-16/h1-5,7-13,15H,6,14H2,(H,23,26). The lowest BCUT2D eigenvalue weighted by Gasteiger charge is -2.07. The fraction of sp³-hybridized carbons (Fsp3) is 0.0952. The molecule has 7 heteroatoms. The summed E-state index contributed by atoms with van der Waals surface area (Å²) < 4.78 is 12.6. The second-order valence-corrected chi connectivity index (χ2v) is 6.09. The Bertz CT molecular complexity index is 1030. The molecule has 0 fully saturated rings. The third kappa shape index (κ3) is 4.27. The highest BCUT2D eigenvalue weighted by Gasteiger charge is 2.11. The normalized spacial score (nSPS) is 13.1. The molecule has 0 bridgehead atoms. The van der Waals surface area contributed by atoms with E-state index >= 15 is 0 Å². The topological polar surface area (TPSA) is 82.2 Å². The van der Waals surface area contributed by atoms with Crippen LogP contribution in [-0.4, -0.2) is 27.2 Å². The number of benzene rings is 1. The number of ether oxygens (including phenoxy) is 1. The van der Waals surface area contributed by atoms with E-state index in [1.54, 1.807) is 30.7 Å². The van der Waals surface area contributed by atoms with E-state index < -0.39 is 0 Å². The predicted molar refractivity (Wildman–Crippen MR) is 105 cm³/mol. The van der Waals surface area contributed by atoms with E-state index in [1.165, 1.54) is 0 Å². The zero-order valence-electron chi connectivity index (χ0n) is 15.0. The van der Waals surface area contributed by atoms with Gasteiger partial charge >= 0.3 is 0 Å². The summed E-state index contributed by atoms with van der Waals surface area (Å²) in [5, 5.41) is 6.67. The SMILES string of the molecule is O=C(COc1ccc(-n2ccnc2)cc1)Nc1cc(C2=CC=CC=CC2)no1. The van der Waals surface area contributed by atoms with Crippen LogP contribution in [-0.2, 0) is 4.79 Å². The van der Waals surface area contributed by atoms with Gasteiger partial charge in [0.2, 0.25) is 5.88 Å². The van der Waals surface area contributed by atoms with Gasteiger partial charge in [-0.25, -0.2) is 4.98 Å². The van der Waals surface area contributed by atoms with Crippen LogP contribution in [0.25, 0.3) is 11.3 Å². The first-order chi connectivity index (χ1) is 13.8. The zero-order valence-corrected chi connectivity index (χ0v) is 15.0. The lowest BCUT2D eigenvalue weighted by molar-refractivity contribution is -0.118. The Balaban J connectivity index is 1.31. The molecule has 2 heterocycles. The number of carbonyl (C=O) groups excluding carboxylic acids is 1. The quantitative estimate of drug-likeness (QED) is 0.710. The minimum atomic E-state index is -0.323. The first-order valence-electron chi connectivity index (χ1n) is 8.78. The van der Waals surface area contributed by atoms with Crippen molar-refractivity contribution in [1.82, 2.24) is 14.7 Å². The van der Waals surface area contributed by atoms with E-state index in [2.05, 4.69) is 15.5 Å². The average molecular weight is 374 g/mol. The summed E-state index contributed by atoms with van der Waals surface area (Å²) in [6.45, 7) is -0.130. The van der Waals surface area contributed by atoms with Crippen molar-refractivity contribution in [3.05, 3.63) is 85.1 Å². The van der Waals surface area contributed by atoms with E-state index in [0.29, 0.717) is 11.4 Å². The summed E-state index contributed by atoms with van der Waals surface area (Å²) in [4.78, 5) is 16.1.